The van der Waals surface area contributed by atoms with Crippen molar-refractivity contribution in [3.8, 4) is 0 Å². The molecule has 3 aromatic carbocycles. The molecule has 3 nitrogen and oxygen atoms in total. The smallest absolute Gasteiger partial charge is 1.00 e. The molecular formula is C17H15LiO3S. The van der Waals surface area contributed by atoms with Crippen LogP contribution in [0.2, 0.25) is 0 Å². The second-order valence-electron chi connectivity index (χ2n) is 4.88. The molecule has 0 bridgehead atoms. The van der Waals surface area contributed by atoms with E-state index in [4.69, 9.17) is 4.18 Å². The van der Waals surface area contributed by atoms with Gasteiger partial charge in [0.1, 0.15) is 10.7 Å². The van der Waals surface area contributed by atoms with Gasteiger partial charge in [0.2, 0.25) is 0 Å². The Morgan fingerprint density at radius 2 is 1.64 bits per heavy atom. The van der Waals surface area contributed by atoms with Crippen molar-refractivity contribution in [2.75, 3.05) is 0 Å². The van der Waals surface area contributed by atoms with Crippen LogP contribution in [0.4, 0.5) is 0 Å². The van der Waals surface area contributed by atoms with Gasteiger partial charge in [0.25, 0.3) is 0 Å². The fourth-order valence-electron chi connectivity index (χ4n) is 2.46. The molecule has 22 heavy (non-hydrogen) atoms. The predicted octanol–water partition coefficient (Wildman–Crippen LogP) is 1.35. The van der Waals surface area contributed by atoms with E-state index in [2.05, 4.69) is 6.58 Å². The molecule has 0 saturated heterocycles. The third kappa shape index (κ3) is 2.91. The van der Waals surface area contributed by atoms with Crippen LogP contribution >= 0.6 is 0 Å². The zero-order valence-electron chi connectivity index (χ0n) is 13.5. The summed E-state index contributed by atoms with van der Waals surface area (Å²) in [5.41, 5.74) is 0. The first-order valence-electron chi connectivity index (χ1n) is 6.49. The Morgan fingerprint density at radius 1 is 0.955 bits per heavy atom. The van der Waals surface area contributed by atoms with Gasteiger partial charge in [0.05, 0.1) is 0 Å². The molecule has 3 aromatic rings. The molecule has 3 rings (SSSR count). The summed E-state index contributed by atoms with van der Waals surface area (Å²) in [6.45, 7) is 5.01. The third-order valence-corrected chi connectivity index (χ3v) is 4.67. The minimum Gasteiger partial charge on any atom is -1.00 e. The van der Waals surface area contributed by atoms with Crippen LogP contribution in [0, 0.1) is 0 Å². The van der Waals surface area contributed by atoms with E-state index in [1.54, 1.807) is 12.1 Å². The van der Waals surface area contributed by atoms with Crippen LogP contribution in [0.5, 0.6) is 0 Å². The van der Waals surface area contributed by atoms with Gasteiger partial charge in [-0.15, -0.1) is 0 Å². The summed E-state index contributed by atoms with van der Waals surface area (Å²) < 4.78 is 29.5. The molecule has 0 aliphatic heterocycles. The molecular weight excluding hydrogens is 291 g/mol. The van der Waals surface area contributed by atoms with Gasteiger partial charge < -0.3 is 5.61 Å². The van der Waals surface area contributed by atoms with Crippen molar-refractivity contribution in [1.29, 1.82) is 0 Å². The molecule has 0 unspecified atom stereocenters. The van der Waals surface area contributed by atoms with E-state index in [9.17, 15) is 8.42 Å². The number of fused-ring (bicyclic) bond motifs is 3. The SMILES string of the molecule is C=C(C)OS(=O)(=O)c1cccc2c1ccc1ccccc12.[H-].[Li+]. The van der Waals surface area contributed by atoms with E-state index in [1.165, 1.54) is 6.92 Å². The second-order valence-corrected chi connectivity index (χ2v) is 6.39. The summed E-state index contributed by atoms with van der Waals surface area (Å²) in [6.07, 6.45) is 0. The predicted molar refractivity (Wildman–Crippen MR) is 85.7 cm³/mol. The molecule has 0 radical (unpaired) electrons. The molecule has 0 aliphatic carbocycles. The normalized spacial score (nSPS) is 11.1. The second kappa shape index (κ2) is 6.18. The molecule has 5 heteroatoms. The molecule has 0 spiro atoms. The van der Waals surface area contributed by atoms with E-state index in [0.717, 1.165) is 16.2 Å². The van der Waals surface area contributed by atoms with Crippen LogP contribution < -0.4 is 18.9 Å². The number of hydrogen-bond donors (Lipinski definition) is 0. The van der Waals surface area contributed by atoms with Crippen molar-refractivity contribution in [3.63, 3.8) is 0 Å². The monoisotopic (exact) mass is 306 g/mol. The maximum Gasteiger partial charge on any atom is 1.00 e. The van der Waals surface area contributed by atoms with E-state index < -0.39 is 10.1 Å². The molecule has 0 atom stereocenters. The van der Waals surface area contributed by atoms with E-state index in [-0.39, 0.29) is 30.9 Å². The first-order chi connectivity index (χ1) is 9.99. The maximum absolute atomic E-state index is 12.3. The van der Waals surface area contributed by atoms with Gasteiger partial charge in [-0.05, 0) is 29.1 Å². The molecule has 0 N–H and O–H groups in total. The Bertz CT molecular complexity index is 968. The van der Waals surface area contributed by atoms with Crippen LogP contribution in [0.15, 0.2) is 71.8 Å². The van der Waals surface area contributed by atoms with Crippen LogP contribution in [-0.2, 0) is 14.3 Å². The molecule has 0 amide bonds. The average molecular weight is 306 g/mol. The molecule has 0 aromatic heterocycles. The zero-order chi connectivity index (χ0) is 15.0. The van der Waals surface area contributed by atoms with E-state index >= 15 is 0 Å². The zero-order valence-corrected chi connectivity index (χ0v) is 13.4. The fraction of sp³-hybridized carbons (Fsp3) is 0.0588. The van der Waals surface area contributed by atoms with Crippen molar-refractivity contribution in [1.82, 2.24) is 0 Å². The summed E-state index contributed by atoms with van der Waals surface area (Å²) in [4.78, 5) is 0.161. The van der Waals surface area contributed by atoms with Gasteiger partial charge in [0, 0.05) is 5.39 Å². The Hall–Kier alpha value is -1.73. The van der Waals surface area contributed by atoms with E-state index in [0.29, 0.717) is 5.39 Å². The van der Waals surface area contributed by atoms with Gasteiger partial charge in [0.15, 0.2) is 0 Å². The summed E-state index contributed by atoms with van der Waals surface area (Å²) >= 11 is 0. The Kier molecular flexibility index (Phi) is 4.67. The Balaban J connectivity index is 0.00000132. The van der Waals surface area contributed by atoms with Crippen molar-refractivity contribution in [2.45, 2.75) is 11.8 Å². The third-order valence-electron chi connectivity index (χ3n) is 3.27. The van der Waals surface area contributed by atoms with Gasteiger partial charge in [-0.1, -0.05) is 55.1 Å². The number of hydrogen-bond acceptors (Lipinski definition) is 3. The minimum atomic E-state index is -3.85. The topological polar surface area (TPSA) is 43.4 Å². The number of benzene rings is 3. The first kappa shape index (κ1) is 16.6. The molecule has 0 heterocycles. The Labute approximate surface area is 143 Å². The summed E-state index contributed by atoms with van der Waals surface area (Å²) in [5, 5.41) is 3.62. The fourth-order valence-corrected chi connectivity index (χ4v) is 3.62. The first-order valence-corrected chi connectivity index (χ1v) is 7.90. The average Bonchev–Trinajstić information content (AvgIpc) is 2.45. The van der Waals surface area contributed by atoms with Crippen molar-refractivity contribution in [2.24, 2.45) is 0 Å². The van der Waals surface area contributed by atoms with Gasteiger partial charge in [-0.2, -0.15) is 8.42 Å². The van der Waals surface area contributed by atoms with Gasteiger partial charge >= 0.3 is 29.0 Å². The molecule has 0 fully saturated rings. The summed E-state index contributed by atoms with van der Waals surface area (Å²) in [6, 6.07) is 16.8. The van der Waals surface area contributed by atoms with Gasteiger partial charge in [-0.3, -0.25) is 0 Å². The quantitative estimate of drug-likeness (QED) is 0.317. The van der Waals surface area contributed by atoms with Crippen LogP contribution in [0.1, 0.15) is 8.35 Å². The molecule has 0 aliphatic rings. The summed E-state index contributed by atoms with van der Waals surface area (Å²) in [5.74, 6) is 0.146. The van der Waals surface area contributed by atoms with Crippen LogP contribution in [-0.4, -0.2) is 8.42 Å². The number of rotatable bonds is 3. The Morgan fingerprint density at radius 3 is 2.36 bits per heavy atom. The molecule has 0 saturated carbocycles. The van der Waals surface area contributed by atoms with Crippen LogP contribution in [0.25, 0.3) is 21.5 Å². The van der Waals surface area contributed by atoms with Crippen molar-refractivity contribution >= 4 is 31.7 Å². The van der Waals surface area contributed by atoms with Crippen LogP contribution in [0.3, 0.4) is 0 Å². The van der Waals surface area contributed by atoms with Gasteiger partial charge in [-0.25, -0.2) is 0 Å². The van der Waals surface area contributed by atoms with Crippen molar-refractivity contribution in [3.05, 3.63) is 66.9 Å². The number of allylic oxidation sites excluding steroid dienone is 1. The van der Waals surface area contributed by atoms with Crippen molar-refractivity contribution < 1.29 is 32.9 Å². The largest absolute Gasteiger partial charge is 1.00 e. The molecule has 108 valence electrons. The minimum absolute atomic E-state index is 0. The standard InChI is InChI=1S/C17H14O3S.Li.H/c1-12(2)20-21(18,19)17-9-5-8-15-14-7-4-3-6-13(14)10-11-16(15)17;;/h3-11H,1H2,2H3;;/q;+1;-1. The summed E-state index contributed by atoms with van der Waals surface area (Å²) in [7, 11) is -3.85. The van der Waals surface area contributed by atoms with E-state index in [1.807, 2.05) is 42.5 Å². The maximum atomic E-state index is 12.3.